The monoisotopic (exact) mass is 140 g/mol. The Balaban J connectivity index is 2.71. The summed E-state index contributed by atoms with van der Waals surface area (Å²) in [7, 11) is -1.58. The normalized spacial score (nSPS) is 18.6. The molecule has 0 atom stereocenters. The van der Waals surface area contributed by atoms with Gasteiger partial charge >= 0.3 is 7.12 Å². The number of rotatable bonds is 1. The zero-order chi connectivity index (χ0) is 7.56. The molecule has 0 heterocycles. The van der Waals surface area contributed by atoms with Crippen LogP contribution in [0, 0.1) is 0 Å². The maximum Gasteiger partial charge on any atom is 0.491 e. The Labute approximate surface area is 59.5 Å². The average Bonchev–Trinajstić information content (AvgIpc) is 1.88. The second-order valence-corrected chi connectivity index (χ2v) is 2.35. The highest BCUT2D eigenvalue weighted by molar-refractivity contribution is 6.58. The molecule has 1 aliphatic rings. The van der Waals surface area contributed by atoms with Gasteiger partial charge in [-0.1, -0.05) is 6.08 Å². The Morgan fingerprint density at radius 2 is 2.20 bits per heavy atom. The van der Waals surface area contributed by atoms with Crippen LogP contribution in [-0.4, -0.2) is 22.9 Å². The first kappa shape index (κ1) is 7.50. The van der Waals surface area contributed by atoms with E-state index in [-0.39, 0.29) is 11.3 Å². The van der Waals surface area contributed by atoms with Crippen molar-refractivity contribution in [2.45, 2.75) is 19.3 Å². The largest absolute Gasteiger partial charge is 0.491 e. The van der Waals surface area contributed by atoms with Crippen LogP contribution in [0.2, 0.25) is 0 Å². The maximum atomic E-state index is 10.8. The first-order valence-corrected chi connectivity index (χ1v) is 3.31. The summed E-state index contributed by atoms with van der Waals surface area (Å²) >= 11 is 0. The molecular weight excluding hydrogens is 131 g/mol. The molecule has 54 valence electrons. The van der Waals surface area contributed by atoms with Crippen LogP contribution < -0.4 is 0 Å². The number of ketones is 1. The van der Waals surface area contributed by atoms with Gasteiger partial charge in [0.2, 0.25) is 0 Å². The Morgan fingerprint density at radius 1 is 1.50 bits per heavy atom. The molecular formula is C6H9BO3. The van der Waals surface area contributed by atoms with Gasteiger partial charge in [0.25, 0.3) is 0 Å². The molecule has 0 amide bonds. The zero-order valence-corrected chi connectivity index (χ0v) is 5.58. The molecule has 1 rings (SSSR count). The van der Waals surface area contributed by atoms with Crippen LogP contribution in [0.15, 0.2) is 11.5 Å². The summed E-state index contributed by atoms with van der Waals surface area (Å²) in [5.74, 6) is -0.138. The van der Waals surface area contributed by atoms with Gasteiger partial charge in [0, 0.05) is 11.9 Å². The van der Waals surface area contributed by atoms with Crippen molar-refractivity contribution in [2.75, 3.05) is 0 Å². The fourth-order valence-electron chi connectivity index (χ4n) is 1.03. The summed E-state index contributed by atoms with van der Waals surface area (Å²) in [6.45, 7) is 0. The van der Waals surface area contributed by atoms with E-state index in [0.29, 0.717) is 6.42 Å². The SMILES string of the molecule is O=C1CCCC=C1B(O)O. The topological polar surface area (TPSA) is 57.5 Å². The van der Waals surface area contributed by atoms with Crippen molar-refractivity contribution in [3.63, 3.8) is 0 Å². The summed E-state index contributed by atoms with van der Waals surface area (Å²) in [5.41, 5.74) is 0.159. The lowest BCUT2D eigenvalue weighted by molar-refractivity contribution is -0.115. The minimum absolute atomic E-state index is 0.138. The number of hydrogen-bond donors (Lipinski definition) is 2. The molecule has 0 radical (unpaired) electrons. The van der Waals surface area contributed by atoms with Gasteiger partial charge in [-0.2, -0.15) is 0 Å². The van der Waals surface area contributed by atoms with Crippen LogP contribution in [-0.2, 0) is 4.79 Å². The van der Waals surface area contributed by atoms with Crippen molar-refractivity contribution in [3.8, 4) is 0 Å². The van der Waals surface area contributed by atoms with Crippen molar-refractivity contribution in [2.24, 2.45) is 0 Å². The first-order valence-electron chi connectivity index (χ1n) is 3.31. The molecule has 0 spiro atoms. The van der Waals surface area contributed by atoms with E-state index in [0.717, 1.165) is 12.8 Å². The fourth-order valence-corrected chi connectivity index (χ4v) is 1.03. The van der Waals surface area contributed by atoms with Crippen molar-refractivity contribution < 1.29 is 14.8 Å². The smallest absolute Gasteiger partial charge is 0.423 e. The lowest BCUT2D eigenvalue weighted by Crippen LogP contribution is -2.24. The maximum absolute atomic E-state index is 10.8. The third-order valence-corrected chi connectivity index (χ3v) is 1.57. The molecule has 0 bridgehead atoms. The molecule has 4 heteroatoms. The second-order valence-electron chi connectivity index (χ2n) is 2.35. The zero-order valence-electron chi connectivity index (χ0n) is 5.58. The number of carbonyl (C=O) groups excluding carboxylic acids is 1. The van der Waals surface area contributed by atoms with E-state index >= 15 is 0 Å². The van der Waals surface area contributed by atoms with E-state index < -0.39 is 7.12 Å². The van der Waals surface area contributed by atoms with Gasteiger partial charge in [-0.25, -0.2) is 0 Å². The molecule has 0 unspecified atom stereocenters. The van der Waals surface area contributed by atoms with Crippen molar-refractivity contribution in [3.05, 3.63) is 11.5 Å². The third kappa shape index (κ3) is 1.46. The summed E-state index contributed by atoms with van der Waals surface area (Å²) in [5, 5.41) is 17.2. The van der Waals surface area contributed by atoms with Gasteiger partial charge < -0.3 is 10.0 Å². The molecule has 2 N–H and O–H groups in total. The van der Waals surface area contributed by atoms with Crippen molar-refractivity contribution >= 4 is 12.9 Å². The van der Waals surface area contributed by atoms with Gasteiger partial charge in [-0.15, -0.1) is 0 Å². The number of Topliss-reactive ketones (excluding diaryl/α,β-unsaturated/α-hetero) is 1. The van der Waals surface area contributed by atoms with E-state index in [9.17, 15) is 4.79 Å². The highest BCUT2D eigenvalue weighted by Gasteiger charge is 2.23. The lowest BCUT2D eigenvalue weighted by Gasteiger charge is -2.09. The molecule has 0 saturated carbocycles. The predicted octanol–water partition coefficient (Wildman–Crippen LogP) is -0.322. The summed E-state index contributed by atoms with van der Waals surface area (Å²) in [6, 6.07) is 0. The van der Waals surface area contributed by atoms with Crippen LogP contribution in [0.25, 0.3) is 0 Å². The molecule has 0 fully saturated rings. The van der Waals surface area contributed by atoms with Gasteiger partial charge in [-0.3, -0.25) is 4.79 Å². The molecule has 0 saturated heterocycles. The lowest BCUT2D eigenvalue weighted by atomic mass is 9.73. The van der Waals surface area contributed by atoms with Gasteiger partial charge in [0.1, 0.15) is 0 Å². The highest BCUT2D eigenvalue weighted by Crippen LogP contribution is 2.13. The number of hydrogen-bond acceptors (Lipinski definition) is 3. The van der Waals surface area contributed by atoms with Gasteiger partial charge in [0.15, 0.2) is 5.78 Å². The minimum atomic E-state index is -1.58. The van der Waals surface area contributed by atoms with E-state index in [1.807, 2.05) is 0 Å². The van der Waals surface area contributed by atoms with Crippen LogP contribution in [0.5, 0.6) is 0 Å². The summed E-state index contributed by atoms with van der Waals surface area (Å²) < 4.78 is 0. The van der Waals surface area contributed by atoms with Crippen LogP contribution in [0.4, 0.5) is 0 Å². The Morgan fingerprint density at radius 3 is 2.60 bits per heavy atom. The van der Waals surface area contributed by atoms with E-state index in [1.165, 1.54) is 0 Å². The molecule has 0 aromatic rings. The van der Waals surface area contributed by atoms with E-state index in [1.54, 1.807) is 6.08 Å². The third-order valence-electron chi connectivity index (χ3n) is 1.57. The second kappa shape index (κ2) is 2.99. The standard InChI is InChI=1S/C6H9BO3/c8-6-4-2-1-3-5(6)7(9)10/h3,9-10H,1-2,4H2. The fraction of sp³-hybridized carbons (Fsp3) is 0.500. The number of carbonyl (C=O) groups is 1. The Bertz CT molecular complexity index is 174. The molecule has 0 aliphatic heterocycles. The Kier molecular flexibility index (Phi) is 2.24. The Hall–Kier alpha value is -0.605. The quantitative estimate of drug-likeness (QED) is 0.490. The van der Waals surface area contributed by atoms with E-state index in [2.05, 4.69) is 0 Å². The average molecular weight is 140 g/mol. The van der Waals surface area contributed by atoms with E-state index in [4.69, 9.17) is 10.0 Å². The van der Waals surface area contributed by atoms with Gasteiger partial charge in [0.05, 0.1) is 0 Å². The first-order chi connectivity index (χ1) is 4.72. The van der Waals surface area contributed by atoms with Crippen molar-refractivity contribution in [1.29, 1.82) is 0 Å². The predicted molar refractivity (Wildman–Crippen MR) is 37.1 cm³/mol. The number of allylic oxidation sites excluding steroid dienone is 2. The highest BCUT2D eigenvalue weighted by atomic mass is 16.4. The summed E-state index contributed by atoms with van der Waals surface area (Å²) in [6.07, 6.45) is 3.65. The van der Waals surface area contributed by atoms with Crippen LogP contribution in [0.1, 0.15) is 19.3 Å². The molecule has 10 heavy (non-hydrogen) atoms. The van der Waals surface area contributed by atoms with Crippen molar-refractivity contribution in [1.82, 2.24) is 0 Å². The van der Waals surface area contributed by atoms with Gasteiger partial charge in [-0.05, 0) is 12.8 Å². The minimum Gasteiger partial charge on any atom is -0.423 e. The molecule has 3 nitrogen and oxygen atoms in total. The van der Waals surface area contributed by atoms with Crippen LogP contribution in [0.3, 0.4) is 0 Å². The molecule has 1 aliphatic carbocycles. The molecule has 0 aromatic heterocycles. The molecule has 0 aromatic carbocycles. The summed E-state index contributed by atoms with van der Waals surface area (Å²) in [4.78, 5) is 10.8. The van der Waals surface area contributed by atoms with Crippen LogP contribution >= 0.6 is 0 Å².